The van der Waals surface area contributed by atoms with Crippen LogP contribution in [0.4, 0.5) is 4.39 Å². The van der Waals surface area contributed by atoms with Crippen LogP contribution in [0.25, 0.3) is 0 Å². The molecule has 1 atom stereocenters. The summed E-state index contributed by atoms with van der Waals surface area (Å²) in [6, 6.07) is 13.1. The van der Waals surface area contributed by atoms with E-state index in [1.807, 2.05) is 25.2 Å². The Kier molecular flexibility index (Phi) is 4.15. The SMILES string of the molecule is CNC(c1cc(F)cc(Br)c1)c1ccccc1C. The van der Waals surface area contributed by atoms with Gasteiger partial charge in [-0.15, -0.1) is 0 Å². The Morgan fingerprint density at radius 2 is 1.89 bits per heavy atom. The van der Waals surface area contributed by atoms with Crippen LogP contribution in [0.3, 0.4) is 0 Å². The van der Waals surface area contributed by atoms with Gasteiger partial charge in [0, 0.05) is 4.47 Å². The van der Waals surface area contributed by atoms with Crippen LogP contribution in [0, 0.1) is 12.7 Å². The molecule has 0 aromatic heterocycles. The van der Waals surface area contributed by atoms with Crippen molar-refractivity contribution in [1.82, 2.24) is 5.32 Å². The minimum atomic E-state index is -0.229. The van der Waals surface area contributed by atoms with Crippen LogP contribution in [-0.4, -0.2) is 7.05 Å². The number of hydrogen-bond acceptors (Lipinski definition) is 1. The zero-order chi connectivity index (χ0) is 13.1. The van der Waals surface area contributed by atoms with Gasteiger partial charge in [-0.05, 0) is 48.9 Å². The fourth-order valence-electron chi connectivity index (χ4n) is 2.15. The number of rotatable bonds is 3. The van der Waals surface area contributed by atoms with E-state index in [-0.39, 0.29) is 11.9 Å². The minimum Gasteiger partial charge on any atom is -0.309 e. The number of aryl methyl sites for hydroxylation is 1. The van der Waals surface area contributed by atoms with Crippen molar-refractivity contribution in [2.75, 3.05) is 7.05 Å². The van der Waals surface area contributed by atoms with Gasteiger partial charge in [-0.2, -0.15) is 0 Å². The van der Waals surface area contributed by atoms with Gasteiger partial charge in [0.2, 0.25) is 0 Å². The molecule has 0 aliphatic rings. The lowest BCUT2D eigenvalue weighted by Crippen LogP contribution is -2.18. The topological polar surface area (TPSA) is 12.0 Å². The first-order chi connectivity index (χ1) is 8.61. The molecule has 3 heteroatoms. The maximum atomic E-state index is 13.5. The molecule has 0 fully saturated rings. The summed E-state index contributed by atoms with van der Waals surface area (Å²) in [5, 5.41) is 3.24. The Morgan fingerprint density at radius 3 is 2.50 bits per heavy atom. The molecule has 2 aromatic rings. The summed E-state index contributed by atoms with van der Waals surface area (Å²) in [6.45, 7) is 2.06. The van der Waals surface area contributed by atoms with E-state index in [4.69, 9.17) is 0 Å². The second-order valence-electron chi connectivity index (χ2n) is 4.28. The lowest BCUT2D eigenvalue weighted by atomic mass is 9.95. The smallest absolute Gasteiger partial charge is 0.124 e. The molecule has 0 saturated heterocycles. The lowest BCUT2D eigenvalue weighted by Gasteiger charge is -2.19. The van der Waals surface area contributed by atoms with E-state index in [2.05, 4.69) is 40.3 Å². The van der Waals surface area contributed by atoms with Gasteiger partial charge < -0.3 is 5.32 Å². The summed E-state index contributed by atoms with van der Waals surface area (Å²) in [5.41, 5.74) is 3.27. The summed E-state index contributed by atoms with van der Waals surface area (Å²) in [7, 11) is 1.88. The fourth-order valence-corrected chi connectivity index (χ4v) is 2.64. The molecule has 2 rings (SSSR count). The molecule has 18 heavy (non-hydrogen) atoms. The van der Waals surface area contributed by atoms with Crippen molar-refractivity contribution in [2.24, 2.45) is 0 Å². The Labute approximate surface area is 115 Å². The molecule has 0 aliphatic heterocycles. The van der Waals surface area contributed by atoms with Crippen molar-refractivity contribution in [1.29, 1.82) is 0 Å². The molecular weight excluding hydrogens is 293 g/mol. The third-order valence-electron chi connectivity index (χ3n) is 3.01. The quantitative estimate of drug-likeness (QED) is 0.896. The first-order valence-electron chi connectivity index (χ1n) is 5.80. The second-order valence-corrected chi connectivity index (χ2v) is 5.20. The molecule has 0 spiro atoms. The molecule has 1 nitrogen and oxygen atoms in total. The molecule has 0 aliphatic carbocycles. The van der Waals surface area contributed by atoms with E-state index in [0.29, 0.717) is 0 Å². The molecular formula is C15H15BrFN. The summed E-state index contributed by atoms with van der Waals surface area (Å²) >= 11 is 3.33. The zero-order valence-electron chi connectivity index (χ0n) is 10.4. The predicted octanol–water partition coefficient (Wildman–Crippen LogP) is 4.21. The van der Waals surface area contributed by atoms with Crippen LogP contribution < -0.4 is 5.32 Å². The van der Waals surface area contributed by atoms with Gasteiger partial charge in [0.25, 0.3) is 0 Å². The number of halogens is 2. The second kappa shape index (κ2) is 5.63. The first-order valence-corrected chi connectivity index (χ1v) is 6.60. The summed E-state index contributed by atoms with van der Waals surface area (Å²) in [6.07, 6.45) is 0. The van der Waals surface area contributed by atoms with Gasteiger partial charge in [-0.25, -0.2) is 4.39 Å². The molecule has 94 valence electrons. The van der Waals surface area contributed by atoms with E-state index in [0.717, 1.165) is 15.6 Å². The Morgan fingerprint density at radius 1 is 1.17 bits per heavy atom. The number of benzene rings is 2. The van der Waals surface area contributed by atoms with Gasteiger partial charge in [-0.1, -0.05) is 40.2 Å². The maximum absolute atomic E-state index is 13.5. The number of hydrogen-bond donors (Lipinski definition) is 1. The normalized spacial score (nSPS) is 12.4. The first kappa shape index (κ1) is 13.2. The summed E-state index contributed by atoms with van der Waals surface area (Å²) < 4.78 is 14.2. The van der Waals surface area contributed by atoms with Gasteiger partial charge >= 0.3 is 0 Å². The molecule has 0 saturated carbocycles. The highest BCUT2D eigenvalue weighted by atomic mass is 79.9. The van der Waals surface area contributed by atoms with Crippen molar-refractivity contribution in [3.8, 4) is 0 Å². The van der Waals surface area contributed by atoms with Crippen molar-refractivity contribution >= 4 is 15.9 Å². The van der Waals surface area contributed by atoms with Crippen molar-refractivity contribution in [3.05, 3.63) is 69.4 Å². The van der Waals surface area contributed by atoms with Crippen molar-refractivity contribution in [2.45, 2.75) is 13.0 Å². The van der Waals surface area contributed by atoms with Crippen LogP contribution in [-0.2, 0) is 0 Å². The largest absolute Gasteiger partial charge is 0.309 e. The highest BCUT2D eigenvalue weighted by Crippen LogP contribution is 2.27. The molecule has 0 amide bonds. The predicted molar refractivity (Wildman–Crippen MR) is 76.2 cm³/mol. The Bertz CT molecular complexity index is 534. The lowest BCUT2D eigenvalue weighted by molar-refractivity contribution is 0.615. The van der Waals surface area contributed by atoms with E-state index >= 15 is 0 Å². The Hall–Kier alpha value is -1.19. The maximum Gasteiger partial charge on any atom is 0.124 e. The van der Waals surface area contributed by atoms with Crippen LogP contribution in [0.15, 0.2) is 46.9 Å². The van der Waals surface area contributed by atoms with E-state index in [1.54, 1.807) is 6.07 Å². The van der Waals surface area contributed by atoms with Crippen LogP contribution in [0.5, 0.6) is 0 Å². The molecule has 0 radical (unpaired) electrons. The van der Waals surface area contributed by atoms with Crippen LogP contribution >= 0.6 is 15.9 Å². The van der Waals surface area contributed by atoms with E-state index in [1.165, 1.54) is 11.6 Å². The molecule has 2 aromatic carbocycles. The van der Waals surface area contributed by atoms with E-state index in [9.17, 15) is 4.39 Å². The van der Waals surface area contributed by atoms with Gasteiger partial charge in [0.05, 0.1) is 6.04 Å². The molecule has 0 heterocycles. The van der Waals surface area contributed by atoms with E-state index < -0.39 is 0 Å². The zero-order valence-corrected chi connectivity index (χ0v) is 12.0. The Balaban J connectivity index is 2.48. The van der Waals surface area contributed by atoms with Gasteiger partial charge in [0.1, 0.15) is 5.82 Å². The fraction of sp³-hybridized carbons (Fsp3) is 0.200. The van der Waals surface area contributed by atoms with Gasteiger partial charge in [-0.3, -0.25) is 0 Å². The molecule has 1 unspecified atom stereocenters. The summed E-state index contributed by atoms with van der Waals surface area (Å²) in [5.74, 6) is -0.229. The highest BCUT2D eigenvalue weighted by molar-refractivity contribution is 9.10. The van der Waals surface area contributed by atoms with Crippen LogP contribution in [0.2, 0.25) is 0 Å². The summed E-state index contributed by atoms with van der Waals surface area (Å²) in [4.78, 5) is 0. The standard InChI is InChI=1S/C15H15BrFN/c1-10-5-3-4-6-14(10)15(18-2)11-7-12(16)9-13(17)8-11/h3-9,15,18H,1-2H3. The van der Waals surface area contributed by atoms with Gasteiger partial charge in [0.15, 0.2) is 0 Å². The number of nitrogens with one attached hydrogen (secondary N) is 1. The average Bonchev–Trinajstić information content (AvgIpc) is 2.31. The average molecular weight is 308 g/mol. The third-order valence-corrected chi connectivity index (χ3v) is 3.46. The van der Waals surface area contributed by atoms with Crippen LogP contribution in [0.1, 0.15) is 22.7 Å². The minimum absolute atomic E-state index is 0.00167. The van der Waals surface area contributed by atoms with Crippen molar-refractivity contribution < 1.29 is 4.39 Å². The van der Waals surface area contributed by atoms with Crippen molar-refractivity contribution in [3.63, 3.8) is 0 Å². The highest BCUT2D eigenvalue weighted by Gasteiger charge is 2.15. The monoisotopic (exact) mass is 307 g/mol. The molecule has 1 N–H and O–H groups in total. The third kappa shape index (κ3) is 2.79. The molecule has 0 bridgehead atoms.